The van der Waals surface area contributed by atoms with Crippen molar-refractivity contribution in [3.05, 3.63) is 0 Å². The number of Topliss-reactive ketones (excluding diaryl/α,β-unsaturated/α-hetero) is 2. The molecule has 0 saturated heterocycles. The second kappa shape index (κ2) is 13.2. The zero-order valence-corrected chi connectivity index (χ0v) is 19.7. The van der Waals surface area contributed by atoms with Gasteiger partial charge >= 0.3 is 17.2 Å². The van der Waals surface area contributed by atoms with Crippen molar-refractivity contribution in [2.24, 2.45) is 11.8 Å². The third-order valence-corrected chi connectivity index (χ3v) is 6.66. The number of hydrogen-bond acceptors (Lipinski definition) is 14. The molecule has 5 unspecified atom stereocenters. The van der Waals surface area contributed by atoms with Crippen molar-refractivity contribution in [3.63, 3.8) is 0 Å². The summed E-state index contributed by atoms with van der Waals surface area (Å²) in [5.41, 5.74) is 0. The van der Waals surface area contributed by atoms with Gasteiger partial charge in [-0.3, -0.25) is 19.7 Å². The van der Waals surface area contributed by atoms with E-state index in [0.29, 0.717) is 25.7 Å². The van der Waals surface area contributed by atoms with Crippen LogP contribution in [0.25, 0.3) is 0 Å². The Labute approximate surface area is 205 Å². The Bertz CT molecular complexity index is 784. The molecule has 3 aliphatic rings. The average Bonchev–Trinajstić information content (AvgIpc) is 3.41. The summed E-state index contributed by atoms with van der Waals surface area (Å²) < 4.78 is 56.1. The Hall–Kier alpha value is -1.47. The van der Waals surface area contributed by atoms with Crippen LogP contribution in [-0.4, -0.2) is 46.0 Å². The Balaban J connectivity index is 0.000000247. The van der Waals surface area contributed by atoms with E-state index in [1.165, 1.54) is 0 Å². The maximum atomic E-state index is 13.6. The monoisotopic (exact) mass is 550 g/mol. The van der Waals surface area contributed by atoms with E-state index in [9.17, 15) is 42.9 Å². The predicted molar refractivity (Wildman–Crippen MR) is 103 cm³/mol. The number of carbonyl (C=O) groups excluding carboxylic acids is 4. The van der Waals surface area contributed by atoms with Crippen LogP contribution < -0.4 is 10.5 Å². The van der Waals surface area contributed by atoms with Crippen molar-refractivity contribution in [2.45, 2.75) is 74.3 Å². The highest BCUT2D eigenvalue weighted by molar-refractivity contribution is 7.96. The molecule has 3 fully saturated rings. The van der Waals surface area contributed by atoms with Crippen molar-refractivity contribution in [1.29, 1.82) is 0 Å². The molecular weight excluding hydrogens is 529 g/mol. The zero-order chi connectivity index (χ0) is 26.2. The third-order valence-electron chi connectivity index (χ3n) is 5.55. The molecule has 0 radical (unpaired) electrons. The van der Waals surface area contributed by atoms with Gasteiger partial charge in [0.15, 0.2) is 23.8 Å². The summed E-state index contributed by atoms with van der Waals surface area (Å²) in [6.45, 7) is 0.853. The van der Waals surface area contributed by atoms with Gasteiger partial charge in [-0.15, -0.1) is 0 Å². The summed E-state index contributed by atoms with van der Waals surface area (Å²) in [6.07, 6.45) is 2.20. The molecule has 0 N–H and O–H groups in total. The van der Waals surface area contributed by atoms with E-state index in [-0.39, 0.29) is 35.4 Å². The normalized spacial score (nSPS) is 27.6. The minimum Gasteiger partial charge on any atom is -0.691 e. The van der Waals surface area contributed by atoms with E-state index in [1.54, 1.807) is 0 Å². The lowest BCUT2D eigenvalue weighted by atomic mass is 9.96. The molecule has 5 atom stereocenters. The van der Waals surface area contributed by atoms with Gasteiger partial charge in [-0.25, -0.2) is 14.0 Å². The van der Waals surface area contributed by atoms with Crippen LogP contribution in [0.5, 0.6) is 0 Å². The second-order valence-electron chi connectivity index (χ2n) is 7.98. The third kappa shape index (κ3) is 8.28. The van der Waals surface area contributed by atoms with Gasteiger partial charge in [0, 0.05) is 18.3 Å². The van der Waals surface area contributed by atoms with Crippen molar-refractivity contribution in [1.82, 2.24) is 0 Å². The first-order valence-electron chi connectivity index (χ1n) is 10.3. The molecule has 35 heavy (non-hydrogen) atoms. The highest BCUT2D eigenvalue weighted by Gasteiger charge is 2.52. The average molecular weight is 550 g/mol. The minimum absolute atomic E-state index is 0.111. The molecule has 3 aliphatic carbocycles. The van der Waals surface area contributed by atoms with Gasteiger partial charge in [0.25, 0.3) is 5.00 Å². The summed E-state index contributed by atoms with van der Waals surface area (Å²) >= 11 is -0.873. The molecule has 2 bridgehead atoms. The highest BCUT2D eigenvalue weighted by atomic mass is 32.2. The van der Waals surface area contributed by atoms with Crippen LogP contribution in [0.2, 0.25) is 0 Å². The lowest BCUT2D eigenvalue weighted by Gasteiger charge is -2.24. The number of halogens is 3. The first-order chi connectivity index (χ1) is 16.4. The highest BCUT2D eigenvalue weighted by Crippen LogP contribution is 2.44. The number of rotatable bonds is 10. The van der Waals surface area contributed by atoms with Crippen LogP contribution in [0.1, 0.15) is 51.9 Å². The maximum absolute atomic E-state index is 13.6. The van der Waals surface area contributed by atoms with Gasteiger partial charge in [0.2, 0.25) is 0 Å². The quantitative estimate of drug-likeness (QED) is 0.163. The van der Waals surface area contributed by atoms with Crippen molar-refractivity contribution in [2.75, 3.05) is 0 Å². The summed E-state index contributed by atoms with van der Waals surface area (Å²) in [6, 6.07) is 0. The minimum atomic E-state index is -4.09. The molecule has 0 heterocycles. The van der Waals surface area contributed by atoms with Crippen LogP contribution in [0.15, 0.2) is 0 Å². The van der Waals surface area contributed by atoms with E-state index >= 15 is 0 Å². The number of esters is 2. The lowest BCUT2D eigenvalue weighted by molar-refractivity contribution is -0.777. The Morgan fingerprint density at radius 2 is 1.60 bits per heavy atom. The Kier molecular flexibility index (Phi) is 11.2. The lowest BCUT2D eigenvalue weighted by Crippen LogP contribution is -2.38. The van der Waals surface area contributed by atoms with Crippen LogP contribution in [0, 0.1) is 11.8 Å². The van der Waals surface area contributed by atoms with E-state index in [4.69, 9.17) is 4.74 Å². The molecule has 3 rings (SSSR count). The number of carbonyl (C=O) groups is 4. The van der Waals surface area contributed by atoms with Gasteiger partial charge in [0.1, 0.15) is 12.0 Å². The molecule has 0 spiro atoms. The van der Waals surface area contributed by atoms with E-state index in [1.807, 2.05) is 0 Å². The van der Waals surface area contributed by atoms with Gasteiger partial charge < -0.3 is 20.0 Å². The number of ketones is 2. The Morgan fingerprint density at radius 3 is 2.17 bits per heavy atom. The standard InChI is InChI=1S/C9H10F2O6S.C9H13FO6S/c10-9(11,18-17-16-14)8(13)15-7-5-2-1-4(3-5)6(7)12;1-9(10,17-16-15-13)8(12)14-7-5-3-2-4-6(7)11/h4-5,7,14H,1-3H2;7,13H,2-5H2,1H3/p-2. The van der Waals surface area contributed by atoms with Crippen molar-refractivity contribution >= 4 is 47.6 Å². The second-order valence-corrected chi connectivity index (χ2v) is 9.86. The molecule has 0 amide bonds. The van der Waals surface area contributed by atoms with Crippen LogP contribution in [0.4, 0.5) is 13.2 Å². The molecule has 3 saturated carbocycles. The first-order valence-corrected chi connectivity index (χ1v) is 11.7. The van der Waals surface area contributed by atoms with E-state index < -0.39 is 46.4 Å². The van der Waals surface area contributed by atoms with Crippen LogP contribution in [0.3, 0.4) is 0 Å². The molecule has 0 aromatic carbocycles. The zero-order valence-electron chi connectivity index (χ0n) is 18.1. The molecular formula is C18H21F3O12S2-2. The number of ether oxygens (including phenoxy) is 2. The molecule has 17 heteroatoms. The SMILES string of the molecule is CC(F)(SOO[O-])C(=O)OC1CCCCC1=O.O=C1C2CCC(C2)C1OC(=O)C(F)(F)SOO[O-]. The largest absolute Gasteiger partial charge is 0.691 e. The fraction of sp³-hybridized carbons (Fsp3) is 0.778. The smallest absolute Gasteiger partial charge is 0.415 e. The predicted octanol–water partition coefficient (Wildman–Crippen LogP) is 0.960. The van der Waals surface area contributed by atoms with Crippen LogP contribution in [-0.2, 0) is 47.4 Å². The Morgan fingerprint density at radius 1 is 0.943 bits per heavy atom. The maximum Gasteiger partial charge on any atom is 0.415 e. The molecule has 0 aromatic heterocycles. The van der Waals surface area contributed by atoms with Crippen LogP contribution >= 0.6 is 24.1 Å². The van der Waals surface area contributed by atoms with Gasteiger partial charge in [0.05, 0.1) is 12.0 Å². The summed E-state index contributed by atoms with van der Waals surface area (Å²) in [5, 5.41) is 17.9. The molecule has 0 aromatic rings. The summed E-state index contributed by atoms with van der Waals surface area (Å²) in [7, 11) is 0. The molecule has 0 aliphatic heterocycles. The van der Waals surface area contributed by atoms with Gasteiger partial charge in [-0.2, -0.15) is 17.4 Å². The topological polar surface area (TPSA) is 170 Å². The number of hydrogen-bond donors (Lipinski definition) is 0. The summed E-state index contributed by atoms with van der Waals surface area (Å²) in [4.78, 5) is 45.5. The number of alkyl halides is 3. The summed E-state index contributed by atoms with van der Waals surface area (Å²) in [5.74, 6) is -4.05. The molecule has 200 valence electrons. The van der Waals surface area contributed by atoms with Gasteiger partial charge in [-0.05, 0) is 45.4 Å². The number of fused-ring (bicyclic) bond motifs is 2. The fourth-order valence-corrected chi connectivity index (χ4v) is 4.37. The van der Waals surface area contributed by atoms with Gasteiger partial charge in [-0.1, -0.05) is 0 Å². The van der Waals surface area contributed by atoms with E-state index in [2.05, 4.69) is 23.5 Å². The van der Waals surface area contributed by atoms with Crippen molar-refractivity contribution < 1.29 is 71.1 Å². The van der Waals surface area contributed by atoms with E-state index in [0.717, 1.165) is 26.2 Å². The van der Waals surface area contributed by atoms with Crippen molar-refractivity contribution in [3.8, 4) is 0 Å². The first kappa shape index (κ1) is 29.8. The molecule has 12 nitrogen and oxygen atoms in total. The fourth-order valence-electron chi connectivity index (χ4n) is 3.87.